The third kappa shape index (κ3) is 12.5. The SMILES string of the molecule is CCCCC(CC)CN(CC(CC)CCCC)c1nc(NS(=O)(=O)C(F)(F)F)c(N=Nc2nc(C)c(N=Nc3cccc(OC(C)C)c3)s2)s1. The van der Waals surface area contributed by atoms with Crippen LogP contribution in [-0.4, -0.2) is 43.1 Å². The van der Waals surface area contributed by atoms with Crippen molar-refractivity contribution in [1.29, 1.82) is 0 Å². The van der Waals surface area contributed by atoms with Gasteiger partial charge in [-0.2, -0.15) is 26.6 Å². The van der Waals surface area contributed by atoms with Gasteiger partial charge in [-0.3, -0.25) is 4.72 Å². The molecule has 0 amide bonds. The lowest BCUT2D eigenvalue weighted by Gasteiger charge is -2.30. The lowest BCUT2D eigenvalue weighted by atomic mass is 9.96. The molecule has 278 valence electrons. The number of halogens is 3. The van der Waals surface area contributed by atoms with E-state index in [-0.39, 0.29) is 16.2 Å². The van der Waals surface area contributed by atoms with Crippen molar-refractivity contribution in [1.82, 2.24) is 9.97 Å². The van der Waals surface area contributed by atoms with Gasteiger partial charge in [-0.25, -0.2) is 4.98 Å². The van der Waals surface area contributed by atoms with Crippen LogP contribution in [0.2, 0.25) is 0 Å². The molecule has 3 rings (SSSR count). The van der Waals surface area contributed by atoms with Gasteiger partial charge in [0.15, 0.2) is 21.0 Å². The number of ether oxygens (including phenoxy) is 1. The highest BCUT2D eigenvalue weighted by molar-refractivity contribution is 7.93. The quantitative estimate of drug-likeness (QED) is 0.107. The third-order valence-electron chi connectivity index (χ3n) is 7.88. The standard InChI is InChI=1S/C33H49F3N8O3S3/c1-8-12-15-24(10-3)20-44(21-25(11-4)16-13-9-2)32-38-28(43-50(45,46)33(34,35)36)30(49-32)41-42-31-37-23(7)29(48-31)40-39-26-17-14-18-27(19-26)47-22(5)6/h14,17-19,22,24-25,43H,8-13,15-16,20-21H2,1-7H3. The summed E-state index contributed by atoms with van der Waals surface area (Å²) in [7, 11) is -5.77. The Labute approximate surface area is 302 Å². The Hall–Kier alpha value is -3.18. The monoisotopic (exact) mass is 758 g/mol. The number of benzene rings is 1. The summed E-state index contributed by atoms with van der Waals surface area (Å²) in [4.78, 5) is 10.9. The molecule has 0 saturated heterocycles. The molecule has 0 aliphatic carbocycles. The minimum Gasteiger partial charge on any atom is -0.491 e. The van der Waals surface area contributed by atoms with Gasteiger partial charge in [0.25, 0.3) is 0 Å². The van der Waals surface area contributed by atoms with Gasteiger partial charge in [0.1, 0.15) is 5.75 Å². The Morgan fingerprint density at radius 3 is 2.08 bits per heavy atom. The number of azo groups is 2. The van der Waals surface area contributed by atoms with Crippen LogP contribution in [0.25, 0.3) is 0 Å². The van der Waals surface area contributed by atoms with Crippen molar-refractivity contribution in [2.75, 3.05) is 22.7 Å². The minimum atomic E-state index is -5.77. The molecule has 0 aliphatic rings. The zero-order valence-electron chi connectivity index (χ0n) is 29.8. The number of alkyl halides is 3. The summed E-state index contributed by atoms with van der Waals surface area (Å²) in [5.74, 6) is 0.790. The number of hydrogen-bond acceptors (Lipinski definition) is 12. The van der Waals surface area contributed by atoms with E-state index in [1.807, 2.05) is 26.0 Å². The van der Waals surface area contributed by atoms with Crippen LogP contribution in [0, 0.1) is 18.8 Å². The second-order valence-corrected chi connectivity index (χ2v) is 16.0. The number of nitrogens with zero attached hydrogens (tertiary/aromatic N) is 7. The Kier molecular flexibility index (Phi) is 16.0. The van der Waals surface area contributed by atoms with E-state index >= 15 is 0 Å². The number of unbranched alkanes of at least 4 members (excludes halogenated alkanes) is 2. The fourth-order valence-electron chi connectivity index (χ4n) is 5.04. The van der Waals surface area contributed by atoms with Crippen LogP contribution in [0.3, 0.4) is 0 Å². The number of hydrogen-bond donors (Lipinski definition) is 1. The van der Waals surface area contributed by atoms with Crippen LogP contribution in [0.1, 0.15) is 98.6 Å². The van der Waals surface area contributed by atoms with Crippen LogP contribution in [0.5, 0.6) is 5.75 Å². The second kappa shape index (κ2) is 19.4. The normalized spacial score (nSPS) is 13.8. The maximum atomic E-state index is 13.5. The Morgan fingerprint density at radius 1 is 0.900 bits per heavy atom. The van der Waals surface area contributed by atoms with Gasteiger partial charge in [0, 0.05) is 19.2 Å². The Bertz CT molecular complexity index is 1640. The summed E-state index contributed by atoms with van der Waals surface area (Å²) in [5, 5.41) is 17.8. The van der Waals surface area contributed by atoms with E-state index in [2.05, 4.69) is 63.0 Å². The molecule has 2 aromatic heterocycles. The first-order valence-electron chi connectivity index (χ1n) is 17.1. The van der Waals surface area contributed by atoms with Crippen molar-refractivity contribution in [3.8, 4) is 5.75 Å². The minimum absolute atomic E-state index is 0.000985. The molecule has 0 aliphatic heterocycles. The highest BCUT2D eigenvalue weighted by Crippen LogP contribution is 2.42. The first kappa shape index (κ1) is 41.2. The molecule has 2 unspecified atom stereocenters. The van der Waals surface area contributed by atoms with Crippen LogP contribution >= 0.6 is 22.7 Å². The molecule has 50 heavy (non-hydrogen) atoms. The lowest BCUT2D eigenvalue weighted by molar-refractivity contribution is -0.0429. The molecule has 0 spiro atoms. The second-order valence-electron chi connectivity index (χ2n) is 12.4. The molecule has 0 saturated carbocycles. The van der Waals surface area contributed by atoms with Gasteiger partial charge in [-0.15, -0.1) is 20.5 Å². The van der Waals surface area contributed by atoms with E-state index in [4.69, 9.17) is 4.74 Å². The molecule has 2 atom stereocenters. The van der Waals surface area contributed by atoms with Gasteiger partial charge < -0.3 is 9.64 Å². The summed E-state index contributed by atoms with van der Waals surface area (Å²) < 4.78 is 72.2. The van der Waals surface area contributed by atoms with Crippen molar-refractivity contribution in [3.05, 3.63) is 30.0 Å². The van der Waals surface area contributed by atoms with Crippen molar-refractivity contribution in [2.24, 2.45) is 32.3 Å². The van der Waals surface area contributed by atoms with Gasteiger partial charge in [0.2, 0.25) is 5.13 Å². The number of sulfonamides is 1. The molecule has 1 aromatic carbocycles. The largest absolute Gasteiger partial charge is 0.516 e. The first-order valence-corrected chi connectivity index (χ1v) is 20.2. The van der Waals surface area contributed by atoms with E-state index in [9.17, 15) is 21.6 Å². The van der Waals surface area contributed by atoms with E-state index in [1.54, 1.807) is 23.8 Å². The van der Waals surface area contributed by atoms with Gasteiger partial charge >= 0.3 is 15.5 Å². The topological polar surface area (TPSA) is 134 Å². The van der Waals surface area contributed by atoms with Crippen LogP contribution in [-0.2, 0) is 10.0 Å². The average Bonchev–Trinajstić information content (AvgIpc) is 3.62. The molecule has 0 bridgehead atoms. The van der Waals surface area contributed by atoms with Crippen molar-refractivity contribution < 1.29 is 26.3 Å². The number of aryl methyl sites for hydroxylation is 1. The van der Waals surface area contributed by atoms with E-state index < -0.39 is 21.3 Å². The maximum Gasteiger partial charge on any atom is 0.516 e. The highest BCUT2D eigenvalue weighted by Gasteiger charge is 2.47. The summed E-state index contributed by atoms with van der Waals surface area (Å²) in [6, 6.07) is 7.17. The third-order valence-corrected chi connectivity index (χ3v) is 10.9. The molecule has 1 N–H and O–H groups in total. The molecular weight excluding hydrogens is 710 g/mol. The summed E-state index contributed by atoms with van der Waals surface area (Å²) in [5.41, 5.74) is -4.45. The summed E-state index contributed by atoms with van der Waals surface area (Å²) >= 11 is 2.08. The number of rotatable bonds is 21. The van der Waals surface area contributed by atoms with Crippen LogP contribution < -0.4 is 14.4 Å². The van der Waals surface area contributed by atoms with Crippen LogP contribution in [0.4, 0.5) is 44.9 Å². The fraction of sp³-hybridized carbons (Fsp3) is 0.636. The highest BCUT2D eigenvalue weighted by atomic mass is 32.2. The van der Waals surface area contributed by atoms with Crippen molar-refractivity contribution >= 4 is 64.5 Å². The van der Waals surface area contributed by atoms with Crippen molar-refractivity contribution in [2.45, 2.75) is 111 Å². The van der Waals surface area contributed by atoms with E-state index in [0.717, 1.165) is 74.0 Å². The molecule has 17 heteroatoms. The summed E-state index contributed by atoms with van der Waals surface area (Å²) in [6.07, 6.45) is 8.07. The molecular formula is C33H49F3N8O3S3. The number of thiazole rings is 2. The average molecular weight is 759 g/mol. The molecule has 3 aromatic rings. The maximum absolute atomic E-state index is 13.5. The molecule has 0 radical (unpaired) electrons. The van der Waals surface area contributed by atoms with Gasteiger partial charge in [0.05, 0.1) is 17.5 Å². The van der Waals surface area contributed by atoms with Gasteiger partial charge in [-0.1, -0.05) is 95.0 Å². The molecule has 2 heterocycles. The Balaban J connectivity index is 1.99. The lowest BCUT2D eigenvalue weighted by Crippen LogP contribution is -2.34. The zero-order valence-corrected chi connectivity index (χ0v) is 32.3. The van der Waals surface area contributed by atoms with Crippen LogP contribution in [0.15, 0.2) is 44.7 Å². The molecule has 0 fully saturated rings. The van der Waals surface area contributed by atoms with E-state index in [0.29, 0.717) is 52.2 Å². The first-order chi connectivity index (χ1) is 23.7. The fourth-order valence-corrected chi connectivity index (χ4v) is 7.19. The van der Waals surface area contributed by atoms with Crippen molar-refractivity contribution in [3.63, 3.8) is 0 Å². The van der Waals surface area contributed by atoms with Gasteiger partial charge in [-0.05, 0) is 57.6 Å². The summed E-state index contributed by atoms with van der Waals surface area (Å²) in [6.45, 7) is 15.4. The smallest absolute Gasteiger partial charge is 0.491 e. The predicted molar refractivity (Wildman–Crippen MR) is 197 cm³/mol. The molecule has 11 nitrogen and oxygen atoms in total. The number of anilines is 2. The number of aromatic nitrogens is 2. The zero-order chi connectivity index (χ0) is 36.9. The predicted octanol–water partition coefficient (Wildman–Crippen LogP) is 12.0. The van der Waals surface area contributed by atoms with E-state index in [1.165, 1.54) is 0 Å². The Morgan fingerprint density at radius 2 is 1.52 bits per heavy atom. The number of nitrogens with one attached hydrogen (secondary N) is 1.